The highest BCUT2D eigenvalue weighted by atomic mass is 32.2. The zero-order valence-corrected chi connectivity index (χ0v) is 15.0. The maximum Gasteiger partial charge on any atom is 0.223 e. The molecule has 1 amide bonds. The van der Waals surface area contributed by atoms with Gasteiger partial charge in [0.2, 0.25) is 15.9 Å². The van der Waals surface area contributed by atoms with Crippen LogP contribution in [0.4, 0.5) is 4.39 Å². The SMILES string of the molecule is O=C(NCc1ccco1)C1CCN(S(=O)(=O)Cc2ccccc2F)CC1. The molecule has 0 aliphatic carbocycles. The third kappa shape index (κ3) is 4.50. The van der Waals surface area contributed by atoms with E-state index in [1.54, 1.807) is 24.5 Å². The lowest BCUT2D eigenvalue weighted by atomic mass is 9.97. The summed E-state index contributed by atoms with van der Waals surface area (Å²) in [6.07, 6.45) is 2.43. The first kappa shape index (κ1) is 18.6. The average Bonchev–Trinajstić information content (AvgIpc) is 3.15. The van der Waals surface area contributed by atoms with Gasteiger partial charge in [-0.15, -0.1) is 0 Å². The van der Waals surface area contributed by atoms with Gasteiger partial charge < -0.3 is 9.73 Å². The molecule has 1 fully saturated rings. The number of nitrogens with one attached hydrogen (secondary N) is 1. The number of carbonyl (C=O) groups is 1. The van der Waals surface area contributed by atoms with Gasteiger partial charge in [-0.3, -0.25) is 4.79 Å². The van der Waals surface area contributed by atoms with Crippen LogP contribution < -0.4 is 5.32 Å². The van der Waals surface area contributed by atoms with Gasteiger partial charge >= 0.3 is 0 Å². The number of amides is 1. The van der Waals surface area contributed by atoms with E-state index in [2.05, 4.69) is 5.32 Å². The van der Waals surface area contributed by atoms with Crippen LogP contribution in [0.3, 0.4) is 0 Å². The maximum absolute atomic E-state index is 13.7. The molecule has 6 nitrogen and oxygen atoms in total. The van der Waals surface area contributed by atoms with E-state index in [0.717, 1.165) is 0 Å². The number of carbonyl (C=O) groups excluding carboxylic acids is 1. The second-order valence-corrected chi connectivity index (χ2v) is 8.29. The Bertz CT molecular complexity index is 844. The van der Waals surface area contributed by atoms with E-state index >= 15 is 0 Å². The molecule has 0 bridgehead atoms. The van der Waals surface area contributed by atoms with Crippen LogP contribution in [0.15, 0.2) is 47.1 Å². The van der Waals surface area contributed by atoms with Crippen molar-refractivity contribution >= 4 is 15.9 Å². The summed E-state index contributed by atoms with van der Waals surface area (Å²) in [5, 5.41) is 2.81. The topological polar surface area (TPSA) is 79.6 Å². The zero-order valence-electron chi connectivity index (χ0n) is 14.2. The van der Waals surface area contributed by atoms with Crippen LogP contribution in [-0.4, -0.2) is 31.7 Å². The monoisotopic (exact) mass is 380 g/mol. The number of furan rings is 1. The fourth-order valence-corrected chi connectivity index (χ4v) is 4.61. The predicted octanol–water partition coefficient (Wildman–Crippen LogP) is 2.28. The smallest absolute Gasteiger partial charge is 0.223 e. The molecule has 1 aromatic carbocycles. The van der Waals surface area contributed by atoms with Crippen molar-refractivity contribution < 1.29 is 22.0 Å². The van der Waals surface area contributed by atoms with E-state index in [4.69, 9.17) is 4.42 Å². The first-order valence-electron chi connectivity index (χ1n) is 8.47. The molecule has 1 N–H and O–H groups in total. The third-order valence-corrected chi connectivity index (χ3v) is 6.36. The lowest BCUT2D eigenvalue weighted by Gasteiger charge is -2.30. The van der Waals surface area contributed by atoms with Crippen LogP contribution in [0, 0.1) is 11.7 Å². The number of hydrogen-bond acceptors (Lipinski definition) is 4. The second kappa shape index (κ2) is 8.01. The Hall–Kier alpha value is -2.19. The van der Waals surface area contributed by atoms with Gasteiger partial charge in [-0.1, -0.05) is 18.2 Å². The van der Waals surface area contributed by atoms with Gasteiger partial charge in [-0.2, -0.15) is 0 Å². The minimum atomic E-state index is -3.61. The molecule has 26 heavy (non-hydrogen) atoms. The van der Waals surface area contributed by atoms with Gasteiger partial charge in [0.05, 0.1) is 18.6 Å². The van der Waals surface area contributed by atoms with Crippen molar-refractivity contribution in [1.82, 2.24) is 9.62 Å². The standard InChI is InChI=1S/C18H21FN2O4S/c19-17-6-2-1-4-15(17)13-26(23,24)21-9-7-14(8-10-21)18(22)20-12-16-5-3-11-25-16/h1-6,11,14H,7-10,12-13H2,(H,20,22). The van der Waals surface area contributed by atoms with Crippen molar-refractivity contribution in [3.63, 3.8) is 0 Å². The Morgan fingerprint density at radius 1 is 1.19 bits per heavy atom. The minimum Gasteiger partial charge on any atom is -0.467 e. The third-order valence-electron chi connectivity index (χ3n) is 4.53. The molecular weight excluding hydrogens is 359 g/mol. The Kier molecular flexibility index (Phi) is 5.73. The number of halogens is 1. The molecular formula is C18H21FN2O4S. The molecule has 0 radical (unpaired) electrons. The molecule has 0 unspecified atom stereocenters. The first-order valence-corrected chi connectivity index (χ1v) is 10.1. The fraction of sp³-hybridized carbons (Fsp3) is 0.389. The highest BCUT2D eigenvalue weighted by Crippen LogP contribution is 2.22. The Morgan fingerprint density at radius 2 is 1.92 bits per heavy atom. The van der Waals surface area contributed by atoms with Gasteiger partial charge in [0.25, 0.3) is 0 Å². The lowest BCUT2D eigenvalue weighted by molar-refractivity contribution is -0.126. The van der Waals surface area contributed by atoms with E-state index in [-0.39, 0.29) is 36.2 Å². The van der Waals surface area contributed by atoms with Crippen molar-refractivity contribution in [3.8, 4) is 0 Å². The van der Waals surface area contributed by atoms with Gasteiger partial charge in [0.15, 0.2) is 0 Å². The molecule has 1 aromatic heterocycles. The van der Waals surface area contributed by atoms with Crippen LogP contribution in [0.25, 0.3) is 0 Å². The summed E-state index contributed by atoms with van der Waals surface area (Å²) in [6, 6.07) is 9.39. The molecule has 2 aromatic rings. The number of nitrogens with zero attached hydrogens (tertiary/aromatic N) is 1. The van der Waals surface area contributed by atoms with Crippen LogP contribution in [0.2, 0.25) is 0 Å². The van der Waals surface area contributed by atoms with Crippen LogP contribution in [0.5, 0.6) is 0 Å². The van der Waals surface area contributed by atoms with Gasteiger partial charge in [-0.25, -0.2) is 17.1 Å². The molecule has 0 spiro atoms. The second-order valence-electron chi connectivity index (χ2n) is 6.32. The van der Waals surface area contributed by atoms with Crippen molar-refractivity contribution in [3.05, 3.63) is 59.8 Å². The number of rotatable bonds is 6. The summed E-state index contributed by atoms with van der Waals surface area (Å²) in [7, 11) is -3.61. The normalized spacial score (nSPS) is 16.5. The molecule has 140 valence electrons. The number of benzene rings is 1. The van der Waals surface area contributed by atoms with Crippen molar-refractivity contribution in [1.29, 1.82) is 0 Å². The van der Waals surface area contributed by atoms with Crippen LogP contribution in [0.1, 0.15) is 24.2 Å². The maximum atomic E-state index is 13.7. The molecule has 8 heteroatoms. The highest BCUT2D eigenvalue weighted by Gasteiger charge is 2.31. The highest BCUT2D eigenvalue weighted by molar-refractivity contribution is 7.88. The van der Waals surface area contributed by atoms with E-state index in [1.807, 2.05) is 0 Å². The fourth-order valence-electron chi connectivity index (χ4n) is 3.03. The van der Waals surface area contributed by atoms with E-state index in [0.29, 0.717) is 25.1 Å². The molecule has 0 saturated carbocycles. The largest absolute Gasteiger partial charge is 0.467 e. The van der Waals surface area contributed by atoms with Gasteiger partial charge in [0.1, 0.15) is 11.6 Å². The lowest BCUT2D eigenvalue weighted by Crippen LogP contribution is -2.43. The summed E-state index contributed by atoms with van der Waals surface area (Å²) < 4.78 is 45.2. The summed E-state index contributed by atoms with van der Waals surface area (Å²) in [5.41, 5.74) is 0.158. The predicted molar refractivity (Wildman–Crippen MR) is 93.9 cm³/mol. The average molecular weight is 380 g/mol. The van der Waals surface area contributed by atoms with Crippen molar-refractivity contribution in [2.45, 2.75) is 25.1 Å². The molecule has 3 rings (SSSR count). The Morgan fingerprint density at radius 3 is 2.58 bits per heavy atom. The quantitative estimate of drug-likeness (QED) is 0.834. The summed E-state index contributed by atoms with van der Waals surface area (Å²) in [4.78, 5) is 12.2. The zero-order chi connectivity index (χ0) is 18.6. The van der Waals surface area contributed by atoms with Crippen LogP contribution >= 0.6 is 0 Å². The van der Waals surface area contributed by atoms with Gasteiger partial charge in [-0.05, 0) is 31.0 Å². The van der Waals surface area contributed by atoms with E-state index < -0.39 is 15.8 Å². The number of hydrogen-bond donors (Lipinski definition) is 1. The Labute approximate surface area is 152 Å². The summed E-state index contributed by atoms with van der Waals surface area (Å²) in [6.45, 7) is 0.836. The molecule has 2 heterocycles. The van der Waals surface area contributed by atoms with Crippen molar-refractivity contribution in [2.24, 2.45) is 5.92 Å². The molecule has 1 aliphatic heterocycles. The summed E-state index contributed by atoms with van der Waals surface area (Å²) >= 11 is 0. The first-order chi connectivity index (χ1) is 12.5. The van der Waals surface area contributed by atoms with Crippen LogP contribution in [-0.2, 0) is 27.1 Å². The molecule has 0 atom stereocenters. The van der Waals surface area contributed by atoms with E-state index in [1.165, 1.54) is 22.5 Å². The molecule has 1 aliphatic rings. The van der Waals surface area contributed by atoms with Gasteiger partial charge in [0, 0.05) is 24.6 Å². The Balaban J connectivity index is 1.52. The minimum absolute atomic E-state index is 0.104. The number of piperidine rings is 1. The number of sulfonamides is 1. The van der Waals surface area contributed by atoms with Crippen molar-refractivity contribution in [2.75, 3.05) is 13.1 Å². The summed E-state index contributed by atoms with van der Waals surface area (Å²) in [5.74, 6) is -0.557. The molecule has 1 saturated heterocycles. The van der Waals surface area contributed by atoms with E-state index in [9.17, 15) is 17.6 Å².